The SMILES string of the molecule is O=C(O)CC[C@@H](O)c1cc2c(cc1Br)OCCCO2. The van der Waals surface area contributed by atoms with Crippen LogP contribution in [-0.4, -0.2) is 29.4 Å². The molecule has 0 radical (unpaired) electrons. The average molecular weight is 331 g/mol. The molecule has 2 rings (SSSR count). The number of aliphatic hydroxyl groups is 1. The number of rotatable bonds is 4. The topological polar surface area (TPSA) is 76.0 Å². The van der Waals surface area contributed by atoms with Gasteiger partial charge in [-0.2, -0.15) is 0 Å². The zero-order chi connectivity index (χ0) is 13.8. The highest BCUT2D eigenvalue weighted by atomic mass is 79.9. The van der Waals surface area contributed by atoms with Crippen molar-refractivity contribution in [2.45, 2.75) is 25.4 Å². The van der Waals surface area contributed by atoms with Crippen molar-refractivity contribution >= 4 is 21.9 Å². The Hall–Kier alpha value is -1.27. The summed E-state index contributed by atoms with van der Waals surface area (Å²) in [5, 5.41) is 18.7. The molecular formula is C13H15BrO5. The molecule has 0 spiro atoms. The van der Waals surface area contributed by atoms with Gasteiger partial charge in [0.1, 0.15) is 0 Å². The molecule has 0 bridgehead atoms. The second kappa shape index (κ2) is 6.25. The van der Waals surface area contributed by atoms with E-state index in [9.17, 15) is 9.90 Å². The molecule has 6 heteroatoms. The van der Waals surface area contributed by atoms with E-state index in [2.05, 4.69) is 15.9 Å². The number of benzene rings is 1. The number of carbonyl (C=O) groups is 1. The van der Waals surface area contributed by atoms with Crippen molar-refractivity contribution in [2.24, 2.45) is 0 Å². The molecule has 1 heterocycles. The van der Waals surface area contributed by atoms with Gasteiger partial charge < -0.3 is 19.7 Å². The smallest absolute Gasteiger partial charge is 0.303 e. The first-order chi connectivity index (χ1) is 9.08. The number of carboxylic acid groups (broad SMARTS) is 1. The molecule has 0 aromatic heterocycles. The Balaban J connectivity index is 2.20. The molecule has 0 fully saturated rings. The number of ether oxygens (including phenoxy) is 2. The van der Waals surface area contributed by atoms with E-state index in [1.165, 1.54) is 0 Å². The van der Waals surface area contributed by atoms with Crippen LogP contribution in [-0.2, 0) is 4.79 Å². The summed E-state index contributed by atoms with van der Waals surface area (Å²) in [6, 6.07) is 3.46. The number of halogens is 1. The van der Waals surface area contributed by atoms with Gasteiger partial charge in [-0.3, -0.25) is 4.79 Å². The zero-order valence-corrected chi connectivity index (χ0v) is 11.9. The van der Waals surface area contributed by atoms with Crippen molar-refractivity contribution in [1.82, 2.24) is 0 Å². The predicted octanol–water partition coefficient (Wildman–Crippen LogP) is 2.51. The van der Waals surface area contributed by atoms with Gasteiger partial charge in [-0.15, -0.1) is 0 Å². The van der Waals surface area contributed by atoms with Crippen LogP contribution in [0.5, 0.6) is 11.5 Å². The summed E-state index contributed by atoms with van der Waals surface area (Å²) in [7, 11) is 0. The normalized spacial score (nSPS) is 15.7. The van der Waals surface area contributed by atoms with Gasteiger partial charge in [-0.1, -0.05) is 15.9 Å². The lowest BCUT2D eigenvalue weighted by Gasteiger charge is -2.15. The van der Waals surface area contributed by atoms with E-state index < -0.39 is 12.1 Å². The molecule has 104 valence electrons. The Morgan fingerprint density at radius 3 is 2.58 bits per heavy atom. The minimum atomic E-state index is -0.926. The van der Waals surface area contributed by atoms with Crippen LogP contribution in [0.25, 0.3) is 0 Å². The maximum absolute atomic E-state index is 10.5. The van der Waals surface area contributed by atoms with Crippen molar-refractivity contribution in [3.63, 3.8) is 0 Å². The Morgan fingerprint density at radius 2 is 1.95 bits per heavy atom. The number of fused-ring (bicyclic) bond motifs is 1. The second-order valence-corrected chi connectivity index (χ2v) is 5.17. The van der Waals surface area contributed by atoms with Crippen molar-refractivity contribution < 1.29 is 24.5 Å². The maximum atomic E-state index is 10.5. The summed E-state index contributed by atoms with van der Waals surface area (Å²) < 4.78 is 11.8. The fourth-order valence-corrected chi connectivity index (χ4v) is 2.46. The molecule has 1 aliphatic rings. The number of aliphatic hydroxyl groups excluding tert-OH is 1. The van der Waals surface area contributed by atoms with Gasteiger partial charge in [-0.05, 0) is 24.1 Å². The molecule has 0 saturated carbocycles. The van der Waals surface area contributed by atoms with E-state index >= 15 is 0 Å². The van der Waals surface area contributed by atoms with E-state index in [1.54, 1.807) is 12.1 Å². The van der Waals surface area contributed by atoms with Gasteiger partial charge in [0.05, 0.1) is 19.3 Å². The van der Waals surface area contributed by atoms with E-state index in [1.807, 2.05) is 0 Å². The molecule has 19 heavy (non-hydrogen) atoms. The van der Waals surface area contributed by atoms with Crippen molar-refractivity contribution in [2.75, 3.05) is 13.2 Å². The Labute approximate surface area is 119 Å². The number of hydrogen-bond acceptors (Lipinski definition) is 4. The number of hydrogen-bond donors (Lipinski definition) is 2. The van der Waals surface area contributed by atoms with Crippen molar-refractivity contribution in [3.05, 3.63) is 22.2 Å². The third-order valence-electron chi connectivity index (χ3n) is 2.86. The number of carboxylic acids is 1. The first-order valence-electron chi connectivity index (χ1n) is 6.07. The molecule has 2 N–H and O–H groups in total. The van der Waals surface area contributed by atoms with E-state index in [4.69, 9.17) is 14.6 Å². The fourth-order valence-electron chi connectivity index (χ4n) is 1.87. The molecule has 0 unspecified atom stereocenters. The number of aliphatic carboxylic acids is 1. The molecule has 1 aromatic carbocycles. The van der Waals surface area contributed by atoms with Gasteiger partial charge in [0, 0.05) is 17.3 Å². The van der Waals surface area contributed by atoms with Crippen LogP contribution >= 0.6 is 15.9 Å². The molecule has 1 atom stereocenters. The third kappa shape index (κ3) is 3.61. The van der Waals surface area contributed by atoms with E-state index in [0.29, 0.717) is 34.7 Å². The summed E-state index contributed by atoms with van der Waals surface area (Å²) in [5.74, 6) is 0.299. The van der Waals surface area contributed by atoms with Crippen LogP contribution in [0.1, 0.15) is 30.9 Å². The maximum Gasteiger partial charge on any atom is 0.303 e. The standard InChI is InChI=1S/C13H15BrO5/c14-9-7-12-11(18-4-1-5-19-12)6-8(9)10(15)2-3-13(16)17/h6-7,10,15H,1-5H2,(H,16,17)/t10-/m1/s1. The molecule has 0 aliphatic carbocycles. The Bertz CT molecular complexity index is 474. The van der Waals surface area contributed by atoms with Crippen LogP contribution in [0.2, 0.25) is 0 Å². The lowest BCUT2D eigenvalue weighted by Crippen LogP contribution is -2.04. The molecule has 0 amide bonds. The highest BCUT2D eigenvalue weighted by Crippen LogP contribution is 2.38. The second-order valence-electron chi connectivity index (χ2n) is 4.32. The first-order valence-corrected chi connectivity index (χ1v) is 6.86. The van der Waals surface area contributed by atoms with Crippen molar-refractivity contribution in [1.29, 1.82) is 0 Å². The summed E-state index contributed by atoms with van der Waals surface area (Å²) in [6.45, 7) is 1.17. The summed E-state index contributed by atoms with van der Waals surface area (Å²) in [4.78, 5) is 10.5. The first kappa shape index (κ1) is 14.1. The van der Waals surface area contributed by atoms with Crippen LogP contribution < -0.4 is 9.47 Å². The predicted molar refractivity (Wildman–Crippen MR) is 71.6 cm³/mol. The van der Waals surface area contributed by atoms with Crippen LogP contribution in [0, 0.1) is 0 Å². The highest BCUT2D eigenvalue weighted by molar-refractivity contribution is 9.10. The Kier molecular flexibility index (Phi) is 4.66. The minimum Gasteiger partial charge on any atom is -0.490 e. The molecule has 1 aliphatic heterocycles. The van der Waals surface area contributed by atoms with Gasteiger partial charge in [-0.25, -0.2) is 0 Å². The zero-order valence-electron chi connectivity index (χ0n) is 10.3. The molecule has 5 nitrogen and oxygen atoms in total. The average Bonchev–Trinajstić information content (AvgIpc) is 2.59. The van der Waals surface area contributed by atoms with Gasteiger partial charge in [0.2, 0.25) is 0 Å². The van der Waals surface area contributed by atoms with Crippen molar-refractivity contribution in [3.8, 4) is 11.5 Å². The monoisotopic (exact) mass is 330 g/mol. The highest BCUT2D eigenvalue weighted by Gasteiger charge is 2.19. The van der Waals surface area contributed by atoms with Crippen LogP contribution in [0.4, 0.5) is 0 Å². The van der Waals surface area contributed by atoms with Gasteiger partial charge in [0.15, 0.2) is 11.5 Å². The summed E-state index contributed by atoms with van der Waals surface area (Å²) >= 11 is 3.37. The van der Waals surface area contributed by atoms with Gasteiger partial charge in [0.25, 0.3) is 0 Å². The van der Waals surface area contributed by atoms with Crippen LogP contribution in [0.3, 0.4) is 0 Å². The Morgan fingerprint density at radius 1 is 1.32 bits per heavy atom. The van der Waals surface area contributed by atoms with E-state index in [0.717, 1.165) is 6.42 Å². The molecular weight excluding hydrogens is 316 g/mol. The lowest BCUT2D eigenvalue weighted by molar-refractivity contribution is -0.137. The lowest BCUT2D eigenvalue weighted by atomic mass is 10.0. The van der Waals surface area contributed by atoms with Crippen LogP contribution in [0.15, 0.2) is 16.6 Å². The summed E-state index contributed by atoms with van der Waals surface area (Å²) in [5.41, 5.74) is 0.616. The minimum absolute atomic E-state index is 0.0813. The van der Waals surface area contributed by atoms with E-state index in [-0.39, 0.29) is 12.8 Å². The summed E-state index contributed by atoms with van der Waals surface area (Å²) in [6.07, 6.45) is 0.0429. The molecule has 0 saturated heterocycles. The quantitative estimate of drug-likeness (QED) is 0.887. The molecule has 1 aromatic rings. The fraction of sp³-hybridized carbons (Fsp3) is 0.462. The van der Waals surface area contributed by atoms with Gasteiger partial charge >= 0.3 is 5.97 Å². The third-order valence-corrected chi connectivity index (χ3v) is 3.54. The largest absolute Gasteiger partial charge is 0.490 e.